The average molecular weight is 287 g/mol. The van der Waals surface area contributed by atoms with Crippen LogP contribution in [0.2, 0.25) is 0 Å². The third kappa shape index (κ3) is 3.05. The fourth-order valence-corrected chi connectivity index (χ4v) is 3.64. The Morgan fingerprint density at radius 2 is 1.95 bits per heavy atom. The van der Waals surface area contributed by atoms with Gasteiger partial charge in [-0.3, -0.25) is 0 Å². The molecule has 0 bridgehead atoms. The number of nitrogens with zero attached hydrogens (tertiary/aromatic N) is 2. The monoisotopic (exact) mass is 287 g/mol. The van der Waals surface area contributed by atoms with Gasteiger partial charge in [-0.1, -0.05) is 0 Å². The summed E-state index contributed by atoms with van der Waals surface area (Å²) in [5.74, 6) is -0.794. The van der Waals surface area contributed by atoms with Crippen molar-refractivity contribution in [2.75, 3.05) is 39.0 Å². The van der Waals surface area contributed by atoms with Gasteiger partial charge >= 0.3 is 0 Å². The fourth-order valence-electron chi connectivity index (χ4n) is 2.13. The Kier molecular flexibility index (Phi) is 4.07. The number of hydrogen-bond acceptors (Lipinski definition) is 4. The summed E-state index contributed by atoms with van der Waals surface area (Å²) in [6.45, 7) is 2.28. The first-order valence-corrected chi connectivity index (χ1v) is 7.59. The highest BCUT2D eigenvalue weighted by atomic mass is 32.2. The van der Waals surface area contributed by atoms with Gasteiger partial charge in [0.05, 0.1) is 0 Å². The van der Waals surface area contributed by atoms with E-state index in [2.05, 4.69) is 4.90 Å². The first-order valence-electron chi connectivity index (χ1n) is 6.15. The summed E-state index contributed by atoms with van der Waals surface area (Å²) in [5.41, 5.74) is 5.65. The molecule has 0 radical (unpaired) electrons. The minimum atomic E-state index is -3.78. The van der Waals surface area contributed by atoms with Gasteiger partial charge in [-0.05, 0) is 38.2 Å². The van der Waals surface area contributed by atoms with Crippen LogP contribution in [0.1, 0.15) is 6.42 Å². The number of halogens is 1. The number of hydrogen-bond donors (Lipinski definition) is 1. The molecule has 1 aromatic carbocycles. The van der Waals surface area contributed by atoms with Gasteiger partial charge in [0.25, 0.3) is 0 Å². The molecule has 1 aromatic rings. The van der Waals surface area contributed by atoms with Crippen LogP contribution in [0.15, 0.2) is 23.1 Å². The second kappa shape index (κ2) is 5.44. The topological polar surface area (TPSA) is 66.6 Å². The molecule has 106 valence electrons. The first-order chi connectivity index (χ1) is 8.91. The zero-order valence-corrected chi connectivity index (χ0v) is 11.7. The molecule has 0 atom stereocenters. The van der Waals surface area contributed by atoms with E-state index in [0.29, 0.717) is 19.6 Å². The van der Waals surface area contributed by atoms with Gasteiger partial charge in [-0.2, -0.15) is 4.31 Å². The van der Waals surface area contributed by atoms with Crippen LogP contribution in [-0.4, -0.2) is 50.8 Å². The lowest BCUT2D eigenvalue weighted by molar-refractivity contribution is 0.347. The van der Waals surface area contributed by atoms with Crippen LogP contribution < -0.4 is 5.73 Å². The summed E-state index contributed by atoms with van der Waals surface area (Å²) >= 11 is 0. The van der Waals surface area contributed by atoms with E-state index in [1.165, 1.54) is 16.4 Å². The van der Waals surface area contributed by atoms with Gasteiger partial charge in [0.1, 0.15) is 10.7 Å². The Morgan fingerprint density at radius 3 is 2.63 bits per heavy atom. The van der Waals surface area contributed by atoms with Crippen LogP contribution in [-0.2, 0) is 10.0 Å². The highest BCUT2D eigenvalue weighted by Gasteiger charge is 2.28. The molecule has 1 saturated heterocycles. The second-order valence-electron chi connectivity index (χ2n) is 4.75. The highest BCUT2D eigenvalue weighted by Crippen LogP contribution is 2.22. The average Bonchev–Trinajstić information content (AvgIpc) is 2.53. The third-order valence-electron chi connectivity index (χ3n) is 3.25. The van der Waals surface area contributed by atoms with Crippen molar-refractivity contribution in [2.45, 2.75) is 11.3 Å². The van der Waals surface area contributed by atoms with Gasteiger partial charge in [0.2, 0.25) is 10.0 Å². The van der Waals surface area contributed by atoms with Crippen LogP contribution in [0.25, 0.3) is 0 Å². The Hall–Kier alpha value is -1.18. The zero-order chi connectivity index (χ0) is 14.0. The van der Waals surface area contributed by atoms with E-state index in [4.69, 9.17) is 5.73 Å². The number of likely N-dealkylation sites (N-methyl/N-ethyl adjacent to an activating group) is 1. The molecular formula is C12H18FN3O2S. The minimum Gasteiger partial charge on any atom is -0.399 e. The molecule has 5 nitrogen and oxygen atoms in total. The summed E-state index contributed by atoms with van der Waals surface area (Å²) < 4.78 is 39.9. The lowest BCUT2D eigenvalue weighted by Gasteiger charge is -2.20. The summed E-state index contributed by atoms with van der Waals surface area (Å²) in [5, 5.41) is 0. The van der Waals surface area contributed by atoms with E-state index < -0.39 is 15.8 Å². The summed E-state index contributed by atoms with van der Waals surface area (Å²) in [7, 11) is -1.84. The molecule has 0 aliphatic carbocycles. The van der Waals surface area contributed by atoms with Crippen LogP contribution >= 0.6 is 0 Å². The van der Waals surface area contributed by atoms with Gasteiger partial charge < -0.3 is 10.6 Å². The van der Waals surface area contributed by atoms with E-state index >= 15 is 0 Å². The van der Waals surface area contributed by atoms with Crippen molar-refractivity contribution >= 4 is 15.7 Å². The Balaban J connectivity index is 2.31. The zero-order valence-electron chi connectivity index (χ0n) is 10.8. The number of rotatable bonds is 2. The molecule has 2 rings (SSSR count). The molecule has 19 heavy (non-hydrogen) atoms. The van der Waals surface area contributed by atoms with E-state index in [9.17, 15) is 12.8 Å². The first kappa shape index (κ1) is 14.2. The predicted octanol–water partition coefficient (Wildman–Crippen LogP) is 0.734. The normalized spacial score (nSPS) is 19.3. The number of nitrogens with two attached hydrogens (primary N) is 1. The van der Waals surface area contributed by atoms with Gasteiger partial charge in [-0.15, -0.1) is 0 Å². The SMILES string of the molecule is CN1CCCN(S(=O)(=O)c2ccc(N)cc2F)CC1. The van der Waals surface area contributed by atoms with Crippen LogP contribution in [0.5, 0.6) is 0 Å². The maximum absolute atomic E-state index is 13.8. The van der Waals surface area contributed by atoms with Crippen molar-refractivity contribution < 1.29 is 12.8 Å². The summed E-state index contributed by atoms with van der Waals surface area (Å²) in [6.07, 6.45) is 0.742. The Labute approximate surface area is 112 Å². The molecule has 1 fully saturated rings. The van der Waals surface area contributed by atoms with Crippen molar-refractivity contribution in [1.82, 2.24) is 9.21 Å². The van der Waals surface area contributed by atoms with E-state index in [1.807, 2.05) is 7.05 Å². The highest BCUT2D eigenvalue weighted by molar-refractivity contribution is 7.89. The van der Waals surface area contributed by atoms with Crippen molar-refractivity contribution in [3.63, 3.8) is 0 Å². The molecule has 1 aliphatic rings. The Bertz CT molecular complexity index is 562. The molecule has 0 aromatic heterocycles. The van der Waals surface area contributed by atoms with Crippen LogP contribution in [0, 0.1) is 5.82 Å². The molecule has 2 N–H and O–H groups in total. The molecule has 0 saturated carbocycles. The molecule has 7 heteroatoms. The maximum Gasteiger partial charge on any atom is 0.246 e. The quantitative estimate of drug-likeness (QED) is 0.815. The van der Waals surface area contributed by atoms with Gasteiger partial charge in [0.15, 0.2) is 0 Å². The summed E-state index contributed by atoms with van der Waals surface area (Å²) in [6, 6.07) is 3.67. The van der Waals surface area contributed by atoms with E-state index in [0.717, 1.165) is 19.0 Å². The van der Waals surface area contributed by atoms with Crippen molar-refractivity contribution in [3.05, 3.63) is 24.0 Å². The van der Waals surface area contributed by atoms with Crippen molar-refractivity contribution in [2.24, 2.45) is 0 Å². The molecule has 0 spiro atoms. The number of anilines is 1. The number of nitrogen functional groups attached to an aromatic ring is 1. The second-order valence-corrected chi connectivity index (χ2v) is 6.66. The van der Waals surface area contributed by atoms with Gasteiger partial charge in [0, 0.05) is 25.3 Å². The fraction of sp³-hybridized carbons (Fsp3) is 0.500. The Morgan fingerprint density at radius 1 is 1.21 bits per heavy atom. The molecule has 0 amide bonds. The van der Waals surface area contributed by atoms with Crippen molar-refractivity contribution in [3.8, 4) is 0 Å². The van der Waals surface area contributed by atoms with E-state index in [1.54, 1.807) is 0 Å². The molecule has 0 unspecified atom stereocenters. The third-order valence-corrected chi connectivity index (χ3v) is 5.18. The molecular weight excluding hydrogens is 269 g/mol. The van der Waals surface area contributed by atoms with Crippen LogP contribution in [0.4, 0.5) is 10.1 Å². The maximum atomic E-state index is 13.8. The predicted molar refractivity (Wildman–Crippen MR) is 71.7 cm³/mol. The van der Waals surface area contributed by atoms with Crippen LogP contribution in [0.3, 0.4) is 0 Å². The minimum absolute atomic E-state index is 0.215. The smallest absolute Gasteiger partial charge is 0.246 e. The van der Waals surface area contributed by atoms with E-state index in [-0.39, 0.29) is 10.6 Å². The summed E-state index contributed by atoms with van der Waals surface area (Å²) in [4.78, 5) is 1.76. The largest absolute Gasteiger partial charge is 0.399 e. The standard InChI is InChI=1S/C12H18FN3O2S/c1-15-5-2-6-16(8-7-15)19(17,18)12-4-3-10(14)9-11(12)13/h3-4,9H,2,5-8,14H2,1H3. The molecule has 1 aliphatic heterocycles. The number of benzene rings is 1. The lowest BCUT2D eigenvalue weighted by Crippen LogP contribution is -2.35. The number of sulfonamides is 1. The molecule has 1 heterocycles. The van der Waals surface area contributed by atoms with Crippen molar-refractivity contribution in [1.29, 1.82) is 0 Å². The lowest BCUT2D eigenvalue weighted by atomic mass is 10.3. The van der Waals surface area contributed by atoms with Gasteiger partial charge in [-0.25, -0.2) is 12.8 Å².